The molecule has 2 aromatic rings. The van der Waals surface area contributed by atoms with E-state index in [0.717, 1.165) is 25.0 Å². The minimum Gasteiger partial charge on any atom is -0.368 e. The number of hydrogen-bond donors (Lipinski definition) is 0. The van der Waals surface area contributed by atoms with Crippen LogP contribution in [0, 0.1) is 0 Å². The molecule has 0 atom stereocenters. The predicted molar refractivity (Wildman–Crippen MR) is 94.1 cm³/mol. The fraction of sp³-hybridized carbons (Fsp3) is 0.278. The third kappa shape index (κ3) is 3.59. The lowest BCUT2D eigenvalue weighted by Gasteiger charge is -2.36. The summed E-state index contributed by atoms with van der Waals surface area (Å²) in [6, 6.07) is 16.4. The van der Waals surface area contributed by atoms with Crippen LogP contribution in [0.1, 0.15) is 10.4 Å². The SMILES string of the molecule is CS(=O)(=O)c1cccc(C(=O)N2CCN(c3ccccc3)CC2)c1. The number of nitrogens with zero attached hydrogens (tertiary/aromatic N) is 2. The van der Waals surface area contributed by atoms with Crippen LogP contribution in [0.3, 0.4) is 0 Å². The maximum absolute atomic E-state index is 12.6. The van der Waals surface area contributed by atoms with Crippen molar-refractivity contribution in [2.24, 2.45) is 0 Å². The molecule has 1 aliphatic rings. The molecule has 1 aliphatic heterocycles. The van der Waals surface area contributed by atoms with Crippen molar-refractivity contribution >= 4 is 21.4 Å². The van der Waals surface area contributed by atoms with Gasteiger partial charge < -0.3 is 9.80 Å². The van der Waals surface area contributed by atoms with E-state index in [1.165, 1.54) is 12.1 Å². The number of rotatable bonds is 3. The zero-order chi connectivity index (χ0) is 17.2. The van der Waals surface area contributed by atoms with E-state index in [2.05, 4.69) is 17.0 Å². The van der Waals surface area contributed by atoms with Gasteiger partial charge in [0.25, 0.3) is 5.91 Å². The second kappa shape index (κ2) is 6.65. The van der Waals surface area contributed by atoms with Gasteiger partial charge >= 0.3 is 0 Å². The van der Waals surface area contributed by atoms with Gasteiger partial charge in [0.05, 0.1) is 4.90 Å². The monoisotopic (exact) mass is 344 g/mol. The Bertz CT molecular complexity index is 826. The summed E-state index contributed by atoms with van der Waals surface area (Å²) in [4.78, 5) is 16.8. The van der Waals surface area contributed by atoms with E-state index >= 15 is 0 Å². The Labute approximate surface area is 142 Å². The molecule has 3 rings (SSSR count). The molecule has 1 saturated heterocycles. The van der Waals surface area contributed by atoms with Crippen LogP contribution in [0.25, 0.3) is 0 Å². The summed E-state index contributed by atoms with van der Waals surface area (Å²) in [6.07, 6.45) is 1.15. The summed E-state index contributed by atoms with van der Waals surface area (Å²) in [5.41, 5.74) is 1.58. The molecule has 0 aliphatic carbocycles. The number of benzene rings is 2. The van der Waals surface area contributed by atoms with E-state index in [-0.39, 0.29) is 10.8 Å². The zero-order valence-electron chi connectivity index (χ0n) is 13.6. The van der Waals surface area contributed by atoms with Crippen LogP contribution in [0.5, 0.6) is 0 Å². The summed E-state index contributed by atoms with van der Waals surface area (Å²) < 4.78 is 23.3. The second-order valence-corrected chi connectivity index (χ2v) is 7.93. The molecule has 0 radical (unpaired) electrons. The minimum atomic E-state index is -3.31. The maximum Gasteiger partial charge on any atom is 0.254 e. The molecule has 6 heteroatoms. The Kier molecular flexibility index (Phi) is 4.57. The van der Waals surface area contributed by atoms with Crippen molar-refractivity contribution in [2.45, 2.75) is 4.90 Å². The molecular formula is C18H20N2O3S. The number of hydrogen-bond acceptors (Lipinski definition) is 4. The van der Waals surface area contributed by atoms with Crippen LogP contribution in [-0.4, -0.2) is 51.7 Å². The van der Waals surface area contributed by atoms with Gasteiger partial charge in [0.1, 0.15) is 0 Å². The summed E-state index contributed by atoms with van der Waals surface area (Å²) in [5.74, 6) is -0.117. The minimum absolute atomic E-state index is 0.117. The third-order valence-corrected chi connectivity index (χ3v) is 5.31. The van der Waals surface area contributed by atoms with Crippen LogP contribution in [0.15, 0.2) is 59.5 Å². The Morgan fingerprint density at radius 3 is 2.21 bits per heavy atom. The van der Waals surface area contributed by atoms with E-state index in [9.17, 15) is 13.2 Å². The molecule has 5 nitrogen and oxygen atoms in total. The molecule has 0 aromatic heterocycles. The van der Waals surface area contributed by atoms with Gasteiger partial charge in [-0.15, -0.1) is 0 Å². The average molecular weight is 344 g/mol. The first kappa shape index (κ1) is 16.5. The number of anilines is 1. The van der Waals surface area contributed by atoms with Crippen molar-refractivity contribution in [2.75, 3.05) is 37.3 Å². The van der Waals surface area contributed by atoms with Crippen molar-refractivity contribution in [1.82, 2.24) is 4.90 Å². The summed E-state index contributed by atoms with van der Waals surface area (Å²) in [6.45, 7) is 2.77. The molecule has 1 fully saturated rings. The lowest BCUT2D eigenvalue weighted by molar-refractivity contribution is 0.0746. The lowest BCUT2D eigenvalue weighted by atomic mass is 10.1. The fourth-order valence-electron chi connectivity index (χ4n) is 2.85. The Morgan fingerprint density at radius 1 is 0.917 bits per heavy atom. The van der Waals surface area contributed by atoms with Crippen molar-refractivity contribution in [3.63, 3.8) is 0 Å². The topological polar surface area (TPSA) is 57.7 Å². The van der Waals surface area contributed by atoms with Gasteiger partial charge in [0.15, 0.2) is 9.84 Å². The molecule has 0 bridgehead atoms. The van der Waals surface area contributed by atoms with Gasteiger partial charge in [-0.05, 0) is 30.3 Å². The van der Waals surface area contributed by atoms with Gasteiger partial charge in [0.2, 0.25) is 0 Å². The Morgan fingerprint density at radius 2 is 1.58 bits per heavy atom. The number of carbonyl (C=O) groups is 1. The van der Waals surface area contributed by atoms with Gasteiger partial charge in [-0.2, -0.15) is 0 Å². The molecule has 126 valence electrons. The standard InChI is InChI=1S/C18H20N2O3S/c1-24(22,23)17-9-5-6-15(14-17)18(21)20-12-10-19(11-13-20)16-7-3-2-4-8-16/h2-9,14H,10-13H2,1H3. The average Bonchev–Trinajstić information content (AvgIpc) is 2.61. The van der Waals surface area contributed by atoms with E-state index in [4.69, 9.17) is 0 Å². The highest BCUT2D eigenvalue weighted by Crippen LogP contribution is 2.18. The summed E-state index contributed by atoms with van der Waals surface area (Å²) in [5, 5.41) is 0. The van der Waals surface area contributed by atoms with E-state index < -0.39 is 9.84 Å². The summed E-state index contributed by atoms with van der Waals surface area (Å²) in [7, 11) is -3.31. The van der Waals surface area contributed by atoms with Gasteiger partial charge in [0, 0.05) is 43.7 Å². The molecule has 0 spiro atoms. The highest BCUT2D eigenvalue weighted by molar-refractivity contribution is 7.90. The quantitative estimate of drug-likeness (QED) is 0.855. The molecule has 1 heterocycles. The lowest BCUT2D eigenvalue weighted by Crippen LogP contribution is -2.48. The molecule has 24 heavy (non-hydrogen) atoms. The molecule has 1 amide bonds. The summed E-state index contributed by atoms with van der Waals surface area (Å²) >= 11 is 0. The number of sulfone groups is 1. The highest BCUT2D eigenvalue weighted by atomic mass is 32.2. The molecule has 2 aromatic carbocycles. The zero-order valence-corrected chi connectivity index (χ0v) is 14.4. The largest absolute Gasteiger partial charge is 0.368 e. The molecule has 0 saturated carbocycles. The van der Waals surface area contributed by atoms with Gasteiger partial charge in [-0.3, -0.25) is 4.79 Å². The number of carbonyl (C=O) groups excluding carboxylic acids is 1. The van der Waals surface area contributed by atoms with Crippen LogP contribution >= 0.6 is 0 Å². The predicted octanol–water partition coefficient (Wildman–Crippen LogP) is 2.05. The van der Waals surface area contributed by atoms with Crippen molar-refractivity contribution < 1.29 is 13.2 Å². The van der Waals surface area contributed by atoms with Crippen LogP contribution in [0.4, 0.5) is 5.69 Å². The fourth-order valence-corrected chi connectivity index (χ4v) is 3.52. The van der Waals surface area contributed by atoms with Crippen LogP contribution in [-0.2, 0) is 9.84 Å². The van der Waals surface area contributed by atoms with Gasteiger partial charge in [-0.25, -0.2) is 8.42 Å². The van der Waals surface area contributed by atoms with E-state index in [0.29, 0.717) is 18.7 Å². The first-order chi connectivity index (χ1) is 11.4. The third-order valence-electron chi connectivity index (χ3n) is 4.20. The molecule has 0 N–H and O–H groups in total. The first-order valence-electron chi connectivity index (χ1n) is 7.84. The van der Waals surface area contributed by atoms with Crippen LogP contribution in [0.2, 0.25) is 0 Å². The Hall–Kier alpha value is -2.34. The number of amides is 1. The van der Waals surface area contributed by atoms with Crippen molar-refractivity contribution in [3.05, 3.63) is 60.2 Å². The first-order valence-corrected chi connectivity index (χ1v) is 9.74. The van der Waals surface area contributed by atoms with Gasteiger partial charge in [-0.1, -0.05) is 24.3 Å². The van der Waals surface area contributed by atoms with Crippen LogP contribution < -0.4 is 4.90 Å². The maximum atomic E-state index is 12.6. The smallest absolute Gasteiger partial charge is 0.254 e. The normalized spacial score (nSPS) is 15.4. The van der Waals surface area contributed by atoms with E-state index in [1.807, 2.05) is 18.2 Å². The van der Waals surface area contributed by atoms with Crippen molar-refractivity contribution in [1.29, 1.82) is 0 Å². The highest BCUT2D eigenvalue weighted by Gasteiger charge is 2.23. The Balaban J connectivity index is 1.70. The number of para-hydroxylation sites is 1. The molecular weight excluding hydrogens is 324 g/mol. The van der Waals surface area contributed by atoms with Crippen molar-refractivity contribution in [3.8, 4) is 0 Å². The number of piperazine rings is 1. The molecule has 0 unspecified atom stereocenters. The second-order valence-electron chi connectivity index (χ2n) is 5.91. The van der Waals surface area contributed by atoms with E-state index in [1.54, 1.807) is 17.0 Å².